The Morgan fingerprint density at radius 2 is 2.00 bits per heavy atom. The maximum Gasteiger partial charge on any atom is 0.0871 e. The molecule has 1 aromatic rings. The predicted octanol–water partition coefficient (Wildman–Crippen LogP) is 3.51. The average Bonchev–Trinajstić information content (AvgIpc) is 2.23. The molecule has 1 aromatic carbocycles. The van der Waals surface area contributed by atoms with Crippen LogP contribution in [0.25, 0.3) is 0 Å². The summed E-state index contributed by atoms with van der Waals surface area (Å²) in [4.78, 5) is 0. The Hall–Kier alpha value is -0.730. The van der Waals surface area contributed by atoms with Gasteiger partial charge in [-0.25, -0.2) is 0 Å². The highest BCUT2D eigenvalue weighted by Crippen LogP contribution is 2.33. The molecule has 0 aromatic heterocycles. The zero-order valence-electron chi connectivity index (χ0n) is 7.43. The van der Waals surface area contributed by atoms with E-state index < -0.39 is 0 Å². The van der Waals surface area contributed by atoms with E-state index in [1.165, 1.54) is 0 Å². The van der Waals surface area contributed by atoms with Crippen molar-refractivity contribution in [2.45, 2.75) is 19.3 Å². The largest absolute Gasteiger partial charge is 0.411 e. The summed E-state index contributed by atoms with van der Waals surface area (Å²) in [5, 5.41) is 13.2. The van der Waals surface area contributed by atoms with Crippen LogP contribution in [-0.2, 0) is 6.42 Å². The minimum Gasteiger partial charge on any atom is -0.411 e. The van der Waals surface area contributed by atoms with Crippen LogP contribution in [0.3, 0.4) is 0 Å². The summed E-state index contributed by atoms with van der Waals surface area (Å²) in [6.07, 6.45) is 2.64. The average molecular weight is 230 g/mol. The predicted molar refractivity (Wildman–Crippen MR) is 57.7 cm³/mol. The third kappa shape index (κ3) is 1.49. The van der Waals surface area contributed by atoms with Gasteiger partial charge in [-0.3, -0.25) is 0 Å². The molecule has 14 heavy (non-hydrogen) atoms. The van der Waals surface area contributed by atoms with Gasteiger partial charge in [0.25, 0.3) is 0 Å². The summed E-state index contributed by atoms with van der Waals surface area (Å²) in [6.45, 7) is 0. The Morgan fingerprint density at radius 1 is 1.21 bits per heavy atom. The molecular formula is C10H9Cl2NO. The van der Waals surface area contributed by atoms with Gasteiger partial charge in [0, 0.05) is 5.56 Å². The summed E-state index contributed by atoms with van der Waals surface area (Å²) < 4.78 is 0. The molecule has 1 aliphatic rings. The fraction of sp³-hybridized carbons (Fsp3) is 0.300. The first-order valence-electron chi connectivity index (χ1n) is 4.42. The maximum absolute atomic E-state index is 8.81. The van der Waals surface area contributed by atoms with Gasteiger partial charge in [-0.1, -0.05) is 34.4 Å². The van der Waals surface area contributed by atoms with Crippen molar-refractivity contribution in [3.8, 4) is 0 Å². The first kappa shape index (κ1) is 9.81. The van der Waals surface area contributed by atoms with Gasteiger partial charge in [-0.05, 0) is 30.9 Å². The Labute approximate surface area is 92.1 Å². The lowest BCUT2D eigenvalue weighted by Gasteiger charge is -2.18. The van der Waals surface area contributed by atoms with Crippen molar-refractivity contribution in [2.24, 2.45) is 5.16 Å². The summed E-state index contributed by atoms with van der Waals surface area (Å²) in [5.41, 5.74) is 2.62. The van der Waals surface area contributed by atoms with Crippen LogP contribution >= 0.6 is 23.2 Å². The van der Waals surface area contributed by atoms with Crippen LogP contribution in [0.15, 0.2) is 17.3 Å². The van der Waals surface area contributed by atoms with Crippen molar-refractivity contribution < 1.29 is 5.21 Å². The summed E-state index contributed by atoms with van der Waals surface area (Å²) >= 11 is 12.0. The number of nitrogens with zero attached hydrogens (tertiary/aromatic N) is 1. The first-order chi connectivity index (χ1) is 6.74. The molecule has 0 aliphatic heterocycles. The number of oxime groups is 1. The number of benzene rings is 1. The van der Waals surface area contributed by atoms with E-state index >= 15 is 0 Å². The second-order valence-electron chi connectivity index (χ2n) is 3.29. The Kier molecular flexibility index (Phi) is 2.66. The van der Waals surface area contributed by atoms with Crippen molar-refractivity contribution in [1.82, 2.24) is 0 Å². The molecule has 0 fully saturated rings. The third-order valence-corrected chi connectivity index (χ3v) is 3.31. The molecule has 2 nitrogen and oxygen atoms in total. The molecule has 0 amide bonds. The molecule has 0 saturated heterocycles. The van der Waals surface area contributed by atoms with E-state index in [2.05, 4.69) is 5.16 Å². The lowest BCUT2D eigenvalue weighted by atomic mass is 9.90. The van der Waals surface area contributed by atoms with Gasteiger partial charge in [0.1, 0.15) is 0 Å². The van der Waals surface area contributed by atoms with Gasteiger partial charge >= 0.3 is 0 Å². The van der Waals surface area contributed by atoms with Crippen LogP contribution in [0.5, 0.6) is 0 Å². The monoisotopic (exact) mass is 229 g/mol. The minimum atomic E-state index is 0.560. The second-order valence-corrected chi connectivity index (χ2v) is 4.07. The maximum atomic E-state index is 8.81. The van der Waals surface area contributed by atoms with E-state index in [4.69, 9.17) is 28.4 Å². The quantitative estimate of drug-likeness (QED) is 0.536. The SMILES string of the molecule is O/N=C1\CCCc2c1ccc(Cl)c2Cl. The topological polar surface area (TPSA) is 32.6 Å². The molecule has 74 valence electrons. The number of hydrogen-bond acceptors (Lipinski definition) is 2. The van der Waals surface area contributed by atoms with E-state index in [0.29, 0.717) is 15.8 Å². The van der Waals surface area contributed by atoms with E-state index in [-0.39, 0.29) is 0 Å². The molecule has 1 N–H and O–H groups in total. The number of rotatable bonds is 0. The van der Waals surface area contributed by atoms with Gasteiger partial charge < -0.3 is 5.21 Å². The zero-order valence-corrected chi connectivity index (χ0v) is 8.94. The van der Waals surface area contributed by atoms with Crippen molar-refractivity contribution in [2.75, 3.05) is 0 Å². The summed E-state index contributed by atoms with van der Waals surface area (Å²) in [5.74, 6) is 0. The van der Waals surface area contributed by atoms with E-state index in [1.807, 2.05) is 6.07 Å². The Morgan fingerprint density at radius 3 is 2.71 bits per heavy atom. The van der Waals surface area contributed by atoms with Crippen molar-refractivity contribution >= 4 is 28.9 Å². The molecule has 0 bridgehead atoms. The van der Waals surface area contributed by atoms with Gasteiger partial charge in [0.05, 0.1) is 15.8 Å². The van der Waals surface area contributed by atoms with Crippen molar-refractivity contribution in [3.05, 3.63) is 33.3 Å². The van der Waals surface area contributed by atoms with Gasteiger partial charge in [0.15, 0.2) is 0 Å². The van der Waals surface area contributed by atoms with E-state index in [1.54, 1.807) is 6.07 Å². The lowest BCUT2D eigenvalue weighted by Crippen LogP contribution is -2.12. The highest BCUT2D eigenvalue weighted by atomic mass is 35.5. The Bertz CT molecular complexity index is 401. The molecule has 0 heterocycles. The molecule has 0 unspecified atom stereocenters. The van der Waals surface area contributed by atoms with E-state index in [9.17, 15) is 0 Å². The summed E-state index contributed by atoms with van der Waals surface area (Å²) in [7, 11) is 0. The number of fused-ring (bicyclic) bond motifs is 1. The molecule has 0 radical (unpaired) electrons. The minimum absolute atomic E-state index is 0.560. The van der Waals surface area contributed by atoms with Gasteiger partial charge in [-0.2, -0.15) is 0 Å². The molecule has 0 saturated carbocycles. The molecule has 0 spiro atoms. The van der Waals surface area contributed by atoms with Gasteiger partial charge in [0.2, 0.25) is 0 Å². The first-order valence-corrected chi connectivity index (χ1v) is 5.18. The third-order valence-electron chi connectivity index (χ3n) is 2.47. The second kappa shape index (κ2) is 3.79. The number of hydrogen-bond donors (Lipinski definition) is 1. The van der Waals surface area contributed by atoms with Crippen LogP contribution < -0.4 is 0 Å². The van der Waals surface area contributed by atoms with Crippen LogP contribution in [0.4, 0.5) is 0 Å². The molecule has 2 rings (SSSR count). The highest BCUT2D eigenvalue weighted by Gasteiger charge is 2.19. The van der Waals surface area contributed by atoms with Crippen molar-refractivity contribution in [1.29, 1.82) is 0 Å². The smallest absolute Gasteiger partial charge is 0.0871 e. The molecule has 4 heteroatoms. The van der Waals surface area contributed by atoms with Gasteiger partial charge in [-0.15, -0.1) is 0 Å². The highest BCUT2D eigenvalue weighted by molar-refractivity contribution is 6.42. The lowest BCUT2D eigenvalue weighted by molar-refractivity contribution is 0.317. The van der Waals surface area contributed by atoms with Crippen LogP contribution in [-0.4, -0.2) is 10.9 Å². The van der Waals surface area contributed by atoms with Crippen LogP contribution in [0.2, 0.25) is 10.0 Å². The number of halogens is 2. The molecule has 0 atom stereocenters. The van der Waals surface area contributed by atoms with E-state index in [0.717, 1.165) is 30.4 Å². The fourth-order valence-corrected chi connectivity index (χ4v) is 2.21. The van der Waals surface area contributed by atoms with Crippen molar-refractivity contribution in [3.63, 3.8) is 0 Å². The molecule has 1 aliphatic carbocycles. The standard InChI is InChI=1S/C10H9Cl2NO/c11-8-5-4-6-7(10(8)12)2-1-3-9(6)13-14/h4-5,14H,1-3H2/b13-9+. The fourth-order valence-electron chi connectivity index (χ4n) is 1.78. The Balaban J connectivity index is 2.62. The molecular weight excluding hydrogens is 221 g/mol. The summed E-state index contributed by atoms with van der Waals surface area (Å²) in [6, 6.07) is 3.59. The zero-order chi connectivity index (χ0) is 10.1. The normalized spacial score (nSPS) is 18.3. The van der Waals surface area contributed by atoms with Crippen LogP contribution in [0, 0.1) is 0 Å². The van der Waals surface area contributed by atoms with Crippen LogP contribution in [0.1, 0.15) is 24.0 Å².